The van der Waals surface area contributed by atoms with E-state index in [0.717, 1.165) is 10.4 Å². The number of carbonyl (C=O) groups excluding carboxylic acids is 1. The van der Waals surface area contributed by atoms with Crippen LogP contribution in [0.2, 0.25) is 0 Å². The minimum atomic E-state index is -4.01. The van der Waals surface area contributed by atoms with Gasteiger partial charge < -0.3 is 0 Å². The van der Waals surface area contributed by atoms with Crippen LogP contribution in [0.5, 0.6) is 0 Å². The Balaban J connectivity index is 2.19. The maximum absolute atomic E-state index is 12.2. The van der Waals surface area contributed by atoms with Crippen molar-refractivity contribution in [3.63, 3.8) is 0 Å². The number of nitrogens with one attached hydrogen (secondary N) is 1. The van der Waals surface area contributed by atoms with Gasteiger partial charge in [0, 0.05) is 9.35 Å². The Morgan fingerprint density at radius 2 is 2.09 bits per heavy atom. The first-order valence-corrected chi connectivity index (χ1v) is 9.26. The van der Waals surface area contributed by atoms with Gasteiger partial charge in [0.15, 0.2) is 0 Å². The molecule has 1 aromatic heterocycles. The van der Waals surface area contributed by atoms with Gasteiger partial charge in [-0.05, 0) is 42.1 Å². The first kappa shape index (κ1) is 16.7. The Bertz CT molecular complexity index is 866. The molecule has 22 heavy (non-hydrogen) atoms. The van der Waals surface area contributed by atoms with E-state index < -0.39 is 15.9 Å². The van der Waals surface area contributed by atoms with Gasteiger partial charge in [-0.1, -0.05) is 15.9 Å². The molecule has 1 aromatic carbocycles. The van der Waals surface area contributed by atoms with Gasteiger partial charge in [-0.15, -0.1) is 11.3 Å². The molecule has 2 rings (SSSR count). The lowest BCUT2D eigenvalue weighted by Crippen LogP contribution is -2.31. The fraction of sp³-hybridized carbons (Fsp3) is 0.143. The lowest BCUT2D eigenvalue weighted by Gasteiger charge is -2.07. The van der Waals surface area contributed by atoms with E-state index in [9.17, 15) is 13.2 Å². The molecular formula is C14H11BrN2O3S2. The lowest BCUT2D eigenvalue weighted by atomic mass is 10.2. The predicted octanol–water partition coefficient (Wildman–Crippen LogP) is 2.74. The number of sulfonamides is 1. The van der Waals surface area contributed by atoms with Gasteiger partial charge in [0.2, 0.25) is 5.91 Å². The molecule has 0 aliphatic rings. The minimum absolute atomic E-state index is 0.0112. The van der Waals surface area contributed by atoms with Crippen molar-refractivity contribution in [1.82, 2.24) is 4.72 Å². The second-order valence-electron chi connectivity index (χ2n) is 4.56. The molecule has 0 aliphatic heterocycles. The second kappa shape index (κ2) is 6.60. The van der Waals surface area contributed by atoms with Crippen LogP contribution in [0, 0.1) is 18.3 Å². The molecule has 8 heteroatoms. The maximum atomic E-state index is 12.2. The molecule has 0 bridgehead atoms. The molecular weight excluding hydrogens is 388 g/mol. The molecule has 0 spiro atoms. The first-order valence-electron chi connectivity index (χ1n) is 6.10. The van der Waals surface area contributed by atoms with Crippen molar-refractivity contribution in [2.75, 3.05) is 0 Å². The number of rotatable bonds is 4. The molecule has 5 nitrogen and oxygen atoms in total. The summed E-state index contributed by atoms with van der Waals surface area (Å²) in [5.74, 6) is -0.615. The molecule has 0 atom stereocenters. The highest BCUT2D eigenvalue weighted by molar-refractivity contribution is 9.10. The monoisotopic (exact) mass is 398 g/mol. The number of nitriles is 1. The summed E-state index contributed by atoms with van der Waals surface area (Å²) in [5.41, 5.74) is 0.956. The SMILES string of the molecule is Cc1cc(CC(=O)NS(=O)(=O)c2cc(Br)cc(C#N)c2)cs1. The van der Waals surface area contributed by atoms with Crippen molar-refractivity contribution in [3.05, 3.63) is 50.1 Å². The van der Waals surface area contributed by atoms with Crippen molar-refractivity contribution < 1.29 is 13.2 Å². The zero-order valence-electron chi connectivity index (χ0n) is 11.5. The standard InChI is InChI=1S/C14H11BrN2O3S2/c1-9-2-11(8-21-9)5-14(18)17-22(19,20)13-4-10(7-16)3-12(15)6-13/h2-4,6,8H,5H2,1H3,(H,17,18). The average molecular weight is 399 g/mol. The molecule has 1 amide bonds. The number of thiophene rings is 1. The Morgan fingerprint density at radius 1 is 1.36 bits per heavy atom. The van der Waals surface area contributed by atoms with Gasteiger partial charge in [-0.3, -0.25) is 4.79 Å². The molecule has 0 saturated carbocycles. The number of carbonyl (C=O) groups is 1. The summed E-state index contributed by atoms with van der Waals surface area (Å²) >= 11 is 4.64. The topological polar surface area (TPSA) is 87.0 Å². The normalized spacial score (nSPS) is 11.0. The molecule has 1 N–H and O–H groups in total. The number of halogens is 1. The number of aryl methyl sites for hydroxylation is 1. The predicted molar refractivity (Wildman–Crippen MR) is 86.9 cm³/mol. The van der Waals surface area contributed by atoms with Gasteiger partial charge in [0.1, 0.15) is 0 Å². The highest BCUT2D eigenvalue weighted by atomic mass is 79.9. The molecule has 114 valence electrons. The van der Waals surface area contributed by atoms with E-state index in [2.05, 4.69) is 15.9 Å². The van der Waals surface area contributed by atoms with Gasteiger partial charge in [0.25, 0.3) is 10.0 Å². The van der Waals surface area contributed by atoms with Crippen LogP contribution in [0.4, 0.5) is 0 Å². The van der Waals surface area contributed by atoms with E-state index in [-0.39, 0.29) is 16.9 Å². The second-order valence-corrected chi connectivity index (χ2v) is 8.27. The van der Waals surface area contributed by atoms with E-state index in [1.54, 1.807) is 0 Å². The van der Waals surface area contributed by atoms with E-state index in [1.165, 1.54) is 29.5 Å². The number of hydrogen-bond acceptors (Lipinski definition) is 5. The van der Waals surface area contributed by atoms with Crippen molar-refractivity contribution in [2.45, 2.75) is 18.2 Å². The van der Waals surface area contributed by atoms with Gasteiger partial charge in [-0.25, -0.2) is 13.1 Å². The molecule has 0 aliphatic carbocycles. The molecule has 2 aromatic rings. The smallest absolute Gasteiger partial charge is 0.264 e. The van der Waals surface area contributed by atoms with Crippen LogP contribution in [-0.2, 0) is 21.2 Å². The molecule has 0 unspecified atom stereocenters. The summed E-state index contributed by atoms with van der Waals surface area (Å²) in [7, 11) is -4.01. The fourth-order valence-corrected chi connectivity index (χ4v) is 4.21. The molecule has 1 heterocycles. The summed E-state index contributed by atoms with van der Waals surface area (Å²) in [6.45, 7) is 1.91. The van der Waals surface area contributed by atoms with Crippen molar-refractivity contribution in [2.24, 2.45) is 0 Å². The van der Waals surface area contributed by atoms with Crippen molar-refractivity contribution >= 4 is 43.2 Å². The van der Waals surface area contributed by atoms with Crippen LogP contribution in [-0.4, -0.2) is 14.3 Å². The zero-order chi connectivity index (χ0) is 16.3. The van der Waals surface area contributed by atoms with Crippen LogP contribution in [0.3, 0.4) is 0 Å². The van der Waals surface area contributed by atoms with Gasteiger partial charge >= 0.3 is 0 Å². The van der Waals surface area contributed by atoms with Crippen molar-refractivity contribution in [1.29, 1.82) is 5.26 Å². The summed E-state index contributed by atoms with van der Waals surface area (Å²) in [5, 5.41) is 10.7. The highest BCUT2D eigenvalue weighted by Crippen LogP contribution is 2.19. The zero-order valence-corrected chi connectivity index (χ0v) is 14.7. The molecule has 0 fully saturated rings. The van der Waals surface area contributed by atoms with E-state index >= 15 is 0 Å². The summed E-state index contributed by atoms with van der Waals surface area (Å²) in [6.07, 6.45) is -0.0112. The quantitative estimate of drug-likeness (QED) is 0.857. The summed E-state index contributed by atoms with van der Waals surface area (Å²) in [6, 6.07) is 7.76. The summed E-state index contributed by atoms with van der Waals surface area (Å²) < 4.78 is 26.9. The van der Waals surface area contributed by atoms with Gasteiger partial charge in [0.05, 0.1) is 22.9 Å². The van der Waals surface area contributed by atoms with Crippen molar-refractivity contribution in [3.8, 4) is 6.07 Å². The Morgan fingerprint density at radius 3 is 2.68 bits per heavy atom. The lowest BCUT2D eigenvalue weighted by molar-refractivity contribution is -0.118. The fourth-order valence-electron chi connectivity index (χ4n) is 1.80. The number of nitrogens with zero attached hydrogens (tertiary/aromatic N) is 1. The average Bonchev–Trinajstić information content (AvgIpc) is 2.82. The Hall–Kier alpha value is -1.69. The third-order valence-electron chi connectivity index (χ3n) is 2.71. The van der Waals surface area contributed by atoms with E-state index in [4.69, 9.17) is 5.26 Å². The number of amides is 1. The van der Waals surface area contributed by atoms with E-state index in [0.29, 0.717) is 4.47 Å². The van der Waals surface area contributed by atoms with Gasteiger partial charge in [-0.2, -0.15) is 5.26 Å². The maximum Gasteiger partial charge on any atom is 0.264 e. The van der Waals surface area contributed by atoms with E-state index in [1.807, 2.05) is 29.2 Å². The summed E-state index contributed by atoms with van der Waals surface area (Å²) in [4.78, 5) is 12.8. The minimum Gasteiger partial charge on any atom is -0.274 e. The largest absolute Gasteiger partial charge is 0.274 e. The number of benzene rings is 1. The van der Waals surface area contributed by atoms with Crippen LogP contribution >= 0.6 is 27.3 Å². The van der Waals surface area contributed by atoms with Crippen LogP contribution in [0.1, 0.15) is 16.0 Å². The third kappa shape index (κ3) is 4.16. The van der Waals surface area contributed by atoms with Crippen LogP contribution in [0.25, 0.3) is 0 Å². The Kier molecular flexibility index (Phi) is 5.01. The third-order valence-corrected chi connectivity index (χ3v) is 5.43. The first-order chi connectivity index (χ1) is 10.3. The highest BCUT2D eigenvalue weighted by Gasteiger charge is 2.19. The molecule has 0 saturated heterocycles. The Labute approximate surface area is 140 Å². The van der Waals surface area contributed by atoms with Crippen LogP contribution < -0.4 is 4.72 Å². The van der Waals surface area contributed by atoms with Crippen LogP contribution in [0.15, 0.2) is 39.0 Å². The number of hydrogen-bond donors (Lipinski definition) is 1. The molecule has 0 radical (unpaired) electrons.